The Morgan fingerprint density at radius 3 is 1.43 bits per heavy atom. The molecular weight excluding hydrogens is 621 g/mol. The minimum absolute atomic E-state index is 0.547. The van der Waals surface area contributed by atoms with Gasteiger partial charge in [-0.25, -0.2) is 0 Å². The first-order valence-corrected chi connectivity index (χ1v) is 16.7. The number of hydrogen-bond acceptors (Lipinski definition) is 3. The van der Waals surface area contributed by atoms with Crippen molar-refractivity contribution in [2.45, 2.75) is 0 Å². The molecule has 0 radical (unpaired) electrons. The number of fused-ring (bicyclic) bond motifs is 5. The van der Waals surface area contributed by atoms with Gasteiger partial charge in [-0.3, -0.25) is 0 Å². The molecule has 0 saturated heterocycles. The summed E-state index contributed by atoms with van der Waals surface area (Å²) in [5, 5.41) is 36.4. The van der Waals surface area contributed by atoms with Crippen molar-refractivity contribution in [2.24, 2.45) is 0 Å². The topological polar surface area (TPSA) is 76.3 Å². The van der Waals surface area contributed by atoms with E-state index in [4.69, 9.17) is 0 Å². The lowest BCUT2D eigenvalue weighted by atomic mass is 9.83. The summed E-state index contributed by atoms with van der Waals surface area (Å²) in [5.74, 6) is 0. The van der Waals surface area contributed by atoms with Gasteiger partial charge in [-0.15, -0.1) is 0 Å². The molecule has 51 heavy (non-hydrogen) atoms. The van der Waals surface area contributed by atoms with Crippen LogP contribution in [0.2, 0.25) is 0 Å². The van der Waals surface area contributed by atoms with Gasteiger partial charge in [0.2, 0.25) is 0 Å². The summed E-state index contributed by atoms with van der Waals surface area (Å²) >= 11 is 0. The van der Waals surface area contributed by atoms with E-state index in [9.17, 15) is 15.8 Å². The Labute approximate surface area is 294 Å². The van der Waals surface area contributed by atoms with Crippen LogP contribution in [0.1, 0.15) is 16.7 Å². The molecule has 9 rings (SSSR count). The van der Waals surface area contributed by atoms with Crippen molar-refractivity contribution in [3.63, 3.8) is 0 Å². The molecule has 0 saturated carbocycles. The quantitative estimate of drug-likeness (QED) is 0.179. The van der Waals surface area contributed by atoms with E-state index in [0.717, 1.165) is 60.5 Å². The Kier molecular flexibility index (Phi) is 6.93. The van der Waals surface area contributed by atoms with Gasteiger partial charge >= 0.3 is 0 Å². The number of hydrogen-bond donors (Lipinski definition) is 0. The molecule has 0 atom stereocenters. The molecule has 0 aliphatic rings. The van der Waals surface area contributed by atoms with E-state index in [1.54, 1.807) is 12.1 Å². The molecule has 4 heteroatoms. The maximum Gasteiger partial charge on any atom is 0.0998 e. The Bertz CT molecular complexity index is 2870. The maximum atomic E-state index is 10.7. The van der Waals surface area contributed by atoms with E-state index in [2.05, 4.69) is 120 Å². The summed E-state index contributed by atoms with van der Waals surface area (Å²) in [6.07, 6.45) is 0. The summed E-state index contributed by atoms with van der Waals surface area (Å²) < 4.78 is 2.10. The third kappa shape index (κ3) is 4.66. The lowest BCUT2D eigenvalue weighted by molar-refractivity contribution is 1.18. The molecule has 4 nitrogen and oxygen atoms in total. The fraction of sp³-hybridized carbons (Fsp3) is 0. The third-order valence-electron chi connectivity index (χ3n) is 9.89. The van der Waals surface area contributed by atoms with Crippen molar-refractivity contribution in [1.82, 2.24) is 4.57 Å². The summed E-state index contributed by atoms with van der Waals surface area (Å²) in [5.41, 5.74) is 10.6. The van der Waals surface area contributed by atoms with Gasteiger partial charge in [-0.2, -0.15) is 15.8 Å². The highest BCUT2D eigenvalue weighted by Crippen LogP contribution is 2.46. The second-order valence-electron chi connectivity index (χ2n) is 12.6. The Morgan fingerprint density at radius 2 is 0.882 bits per heavy atom. The van der Waals surface area contributed by atoms with Gasteiger partial charge in [0.25, 0.3) is 0 Å². The molecular formula is C47H26N4. The molecule has 0 N–H and O–H groups in total. The van der Waals surface area contributed by atoms with Gasteiger partial charge in [0.15, 0.2) is 0 Å². The zero-order valence-corrected chi connectivity index (χ0v) is 27.3. The fourth-order valence-electron chi connectivity index (χ4n) is 7.71. The summed E-state index contributed by atoms with van der Waals surface area (Å²) in [6.45, 7) is 0. The van der Waals surface area contributed by atoms with Gasteiger partial charge in [0, 0.05) is 22.0 Å². The predicted molar refractivity (Wildman–Crippen MR) is 206 cm³/mol. The molecule has 234 valence electrons. The average Bonchev–Trinajstić information content (AvgIpc) is 3.52. The summed E-state index contributed by atoms with van der Waals surface area (Å²) in [7, 11) is 0. The summed E-state index contributed by atoms with van der Waals surface area (Å²) in [4.78, 5) is 0. The van der Waals surface area contributed by atoms with E-state index < -0.39 is 0 Å². The van der Waals surface area contributed by atoms with Crippen LogP contribution in [0.15, 0.2) is 158 Å². The zero-order valence-electron chi connectivity index (χ0n) is 27.3. The number of aromatic nitrogens is 1. The first-order valence-electron chi connectivity index (χ1n) is 16.7. The molecule has 8 aromatic carbocycles. The fourth-order valence-corrected chi connectivity index (χ4v) is 7.71. The third-order valence-corrected chi connectivity index (χ3v) is 9.89. The van der Waals surface area contributed by atoms with Crippen LogP contribution in [0.3, 0.4) is 0 Å². The Hall–Kier alpha value is -7.45. The second-order valence-corrected chi connectivity index (χ2v) is 12.6. The Balaban J connectivity index is 1.29. The van der Waals surface area contributed by atoms with Crippen LogP contribution in [-0.4, -0.2) is 4.57 Å². The molecule has 0 amide bonds. The van der Waals surface area contributed by atoms with Crippen molar-refractivity contribution in [3.05, 3.63) is 174 Å². The first kappa shape index (κ1) is 29.7. The van der Waals surface area contributed by atoms with Crippen molar-refractivity contribution in [2.75, 3.05) is 0 Å². The minimum atomic E-state index is 0.547. The number of rotatable bonds is 4. The highest BCUT2D eigenvalue weighted by atomic mass is 15.0. The highest BCUT2D eigenvalue weighted by Gasteiger charge is 2.21. The monoisotopic (exact) mass is 646 g/mol. The van der Waals surface area contributed by atoms with E-state index in [1.165, 1.54) is 21.9 Å². The first-order chi connectivity index (χ1) is 25.2. The lowest BCUT2D eigenvalue weighted by Gasteiger charge is -2.20. The van der Waals surface area contributed by atoms with E-state index in [1.807, 2.05) is 48.5 Å². The number of nitrogens with zero attached hydrogens (tertiary/aromatic N) is 4. The van der Waals surface area contributed by atoms with Crippen LogP contribution < -0.4 is 0 Å². The molecule has 1 heterocycles. The lowest BCUT2D eigenvalue weighted by Crippen LogP contribution is -1.97. The maximum absolute atomic E-state index is 10.7. The van der Waals surface area contributed by atoms with E-state index >= 15 is 0 Å². The second kappa shape index (κ2) is 11.9. The van der Waals surface area contributed by atoms with Crippen molar-refractivity contribution in [1.29, 1.82) is 15.8 Å². The molecule has 0 spiro atoms. The normalized spacial score (nSPS) is 11.1. The van der Waals surface area contributed by atoms with E-state index in [0.29, 0.717) is 16.7 Å². The van der Waals surface area contributed by atoms with Crippen LogP contribution in [0.5, 0.6) is 0 Å². The average molecular weight is 647 g/mol. The molecule has 9 aromatic rings. The molecule has 0 unspecified atom stereocenters. The van der Waals surface area contributed by atoms with Crippen molar-refractivity contribution in [3.8, 4) is 57.3 Å². The SMILES string of the molecule is N#Cc1ccc2c(c1)c1cc(C#N)ccc1n2-c1ccc(-c2ccccc2-c2c3ccccc3c(-c3ccccc3)c3ccccc23)c(C#N)c1. The minimum Gasteiger partial charge on any atom is -0.309 e. The van der Waals surface area contributed by atoms with Gasteiger partial charge in [-0.1, -0.05) is 109 Å². The molecule has 1 aromatic heterocycles. The van der Waals surface area contributed by atoms with Crippen LogP contribution in [0, 0.1) is 34.0 Å². The van der Waals surface area contributed by atoms with E-state index in [-0.39, 0.29) is 0 Å². The van der Waals surface area contributed by atoms with Gasteiger partial charge in [-0.05, 0) is 97.9 Å². The predicted octanol–water partition coefficient (Wildman–Crippen LogP) is 11.7. The number of benzene rings is 8. The number of nitriles is 3. The molecule has 0 aliphatic carbocycles. The molecule has 0 fully saturated rings. The molecule has 0 aliphatic heterocycles. The zero-order chi connectivity index (χ0) is 34.5. The van der Waals surface area contributed by atoms with Crippen molar-refractivity contribution < 1.29 is 0 Å². The van der Waals surface area contributed by atoms with Crippen LogP contribution >= 0.6 is 0 Å². The van der Waals surface area contributed by atoms with Gasteiger partial charge < -0.3 is 4.57 Å². The van der Waals surface area contributed by atoms with Gasteiger partial charge in [0.1, 0.15) is 0 Å². The van der Waals surface area contributed by atoms with Crippen molar-refractivity contribution >= 4 is 43.4 Å². The standard InChI is InChI=1S/C47H26N4/c48-27-30-18-22-44-42(24-30)43-25-31(28-49)19-23-45(43)51(44)34-20-21-35(33(26-34)29-50)36-12-4-5-13-37(36)47-40-16-8-6-14-38(40)46(32-10-2-1-3-11-32)39-15-7-9-17-41(39)47/h1-26H. The molecule has 0 bridgehead atoms. The highest BCUT2D eigenvalue weighted by molar-refractivity contribution is 6.22. The van der Waals surface area contributed by atoms with Gasteiger partial charge in [0.05, 0.1) is 45.9 Å². The van der Waals surface area contributed by atoms with Crippen LogP contribution in [-0.2, 0) is 0 Å². The smallest absolute Gasteiger partial charge is 0.0998 e. The largest absolute Gasteiger partial charge is 0.309 e. The van der Waals surface area contributed by atoms with Crippen LogP contribution in [0.25, 0.3) is 82.4 Å². The summed E-state index contributed by atoms with van der Waals surface area (Å²) in [6, 6.07) is 60.4. The Morgan fingerprint density at radius 1 is 0.373 bits per heavy atom. The van der Waals surface area contributed by atoms with Crippen LogP contribution in [0.4, 0.5) is 0 Å².